The summed E-state index contributed by atoms with van der Waals surface area (Å²) in [4.78, 5) is 12.8. The number of ether oxygens (including phenoxy) is 2. The van der Waals surface area contributed by atoms with E-state index in [0.29, 0.717) is 6.42 Å². The van der Waals surface area contributed by atoms with E-state index >= 15 is 0 Å². The van der Waals surface area contributed by atoms with Crippen LogP contribution in [-0.4, -0.2) is 87.5 Å². The van der Waals surface area contributed by atoms with Gasteiger partial charge in [-0.2, -0.15) is 0 Å². The van der Waals surface area contributed by atoms with Crippen molar-refractivity contribution in [2.24, 2.45) is 0 Å². The second-order valence-electron chi connectivity index (χ2n) is 15.5. The van der Waals surface area contributed by atoms with Gasteiger partial charge < -0.3 is 40.3 Å². The van der Waals surface area contributed by atoms with E-state index in [2.05, 4.69) is 19.2 Å². The fraction of sp³-hybridized carbons (Fsp3) is 0.930. The molecule has 0 aliphatic carbocycles. The zero-order valence-corrected chi connectivity index (χ0v) is 33.6. The van der Waals surface area contributed by atoms with Gasteiger partial charge in [0.1, 0.15) is 24.4 Å². The monoisotopic (exact) mass is 742 g/mol. The first-order valence-corrected chi connectivity index (χ1v) is 21.9. The second kappa shape index (κ2) is 34.4. The van der Waals surface area contributed by atoms with Crippen molar-refractivity contribution in [1.29, 1.82) is 0 Å². The molecule has 1 rings (SSSR count). The van der Waals surface area contributed by atoms with Gasteiger partial charge in [0.05, 0.1) is 25.4 Å². The third-order valence-electron chi connectivity index (χ3n) is 10.6. The smallest absolute Gasteiger partial charge is 0.220 e. The molecule has 1 aliphatic heterocycles. The SMILES string of the molecule is CCCCCC/C=C/C(O)C(COC1OC(CO)C(O)C(O)C1O)NC(=O)CCCCCCCCCCCCCCCCCCCCCCCCC. The summed E-state index contributed by atoms with van der Waals surface area (Å²) in [5.74, 6) is -0.179. The molecule has 1 aliphatic rings. The number of nitrogens with one attached hydrogen (secondary N) is 1. The fourth-order valence-electron chi connectivity index (χ4n) is 7.04. The summed E-state index contributed by atoms with van der Waals surface area (Å²) in [6, 6.07) is -0.795. The van der Waals surface area contributed by atoms with Crippen molar-refractivity contribution in [1.82, 2.24) is 5.32 Å². The molecule has 0 spiro atoms. The fourth-order valence-corrected chi connectivity index (χ4v) is 7.04. The van der Waals surface area contributed by atoms with E-state index in [1.54, 1.807) is 6.08 Å². The third-order valence-corrected chi connectivity index (χ3v) is 10.6. The standard InChI is InChI=1S/C43H83NO8/c1-3-5-7-9-11-12-13-14-15-16-17-18-19-20-21-22-23-24-25-26-27-29-31-33-39(47)44-36(37(46)32-30-28-10-8-6-4-2)35-51-43-42(50)41(49)40(48)38(34-45)52-43/h30,32,36-38,40-43,45-46,48-50H,3-29,31,33-35H2,1-2H3,(H,44,47)/b32-30+. The summed E-state index contributed by atoms with van der Waals surface area (Å²) < 4.78 is 11.1. The van der Waals surface area contributed by atoms with Crippen LogP contribution in [0.4, 0.5) is 0 Å². The van der Waals surface area contributed by atoms with E-state index in [1.165, 1.54) is 135 Å². The highest BCUT2D eigenvalue weighted by atomic mass is 16.7. The van der Waals surface area contributed by atoms with Gasteiger partial charge in [-0.25, -0.2) is 0 Å². The molecule has 308 valence electrons. The summed E-state index contributed by atoms with van der Waals surface area (Å²) in [7, 11) is 0. The molecule has 7 atom stereocenters. The molecule has 0 aromatic carbocycles. The van der Waals surface area contributed by atoms with Crippen molar-refractivity contribution in [3.63, 3.8) is 0 Å². The van der Waals surface area contributed by atoms with Crippen LogP contribution in [0.25, 0.3) is 0 Å². The Labute approximate surface area is 318 Å². The minimum Gasteiger partial charge on any atom is -0.394 e. The molecule has 9 heteroatoms. The van der Waals surface area contributed by atoms with E-state index in [0.717, 1.165) is 44.9 Å². The van der Waals surface area contributed by atoms with Crippen molar-refractivity contribution in [3.8, 4) is 0 Å². The van der Waals surface area contributed by atoms with Gasteiger partial charge in [0.25, 0.3) is 0 Å². The van der Waals surface area contributed by atoms with Gasteiger partial charge in [-0.05, 0) is 19.3 Å². The largest absolute Gasteiger partial charge is 0.394 e. The molecular formula is C43H83NO8. The number of aliphatic hydroxyl groups excluding tert-OH is 5. The number of carbonyl (C=O) groups excluding carboxylic acids is 1. The molecule has 1 heterocycles. The molecule has 1 saturated heterocycles. The average Bonchev–Trinajstić information content (AvgIpc) is 3.14. The zero-order valence-electron chi connectivity index (χ0n) is 33.6. The number of allylic oxidation sites excluding steroid dienone is 1. The Kier molecular flexibility index (Phi) is 32.4. The predicted molar refractivity (Wildman–Crippen MR) is 212 cm³/mol. The zero-order chi connectivity index (χ0) is 38.1. The number of rotatable bonds is 36. The molecule has 0 aromatic heterocycles. The quantitative estimate of drug-likeness (QED) is 0.0277. The van der Waals surface area contributed by atoms with Crippen molar-refractivity contribution < 1.29 is 39.8 Å². The number of hydrogen-bond acceptors (Lipinski definition) is 8. The van der Waals surface area contributed by atoms with E-state index in [-0.39, 0.29) is 12.5 Å². The molecule has 52 heavy (non-hydrogen) atoms. The van der Waals surface area contributed by atoms with Gasteiger partial charge in [0, 0.05) is 6.42 Å². The van der Waals surface area contributed by atoms with E-state index < -0.39 is 49.5 Å². The van der Waals surface area contributed by atoms with Crippen LogP contribution in [0.1, 0.15) is 200 Å². The van der Waals surface area contributed by atoms with Crippen LogP contribution in [0.5, 0.6) is 0 Å². The Hall–Kier alpha value is -1.07. The highest BCUT2D eigenvalue weighted by Gasteiger charge is 2.44. The molecular weight excluding hydrogens is 658 g/mol. The van der Waals surface area contributed by atoms with Crippen molar-refractivity contribution in [2.75, 3.05) is 13.2 Å². The van der Waals surface area contributed by atoms with Crippen molar-refractivity contribution in [3.05, 3.63) is 12.2 Å². The predicted octanol–water partition coefficient (Wildman–Crippen LogP) is 8.56. The van der Waals surface area contributed by atoms with Crippen LogP contribution >= 0.6 is 0 Å². The lowest BCUT2D eigenvalue weighted by atomic mass is 9.99. The number of carbonyl (C=O) groups is 1. The summed E-state index contributed by atoms with van der Waals surface area (Å²) in [6.45, 7) is 3.69. The topological polar surface area (TPSA) is 149 Å². The number of aliphatic hydroxyl groups is 5. The Morgan fingerprint density at radius 2 is 1.06 bits per heavy atom. The third kappa shape index (κ3) is 25.1. The summed E-state index contributed by atoms with van der Waals surface area (Å²) in [6.07, 6.45) is 31.6. The maximum Gasteiger partial charge on any atom is 0.220 e. The molecule has 0 aromatic rings. The summed E-state index contributed by atoms with van der Waals surface area (Å²) >= 11 is 0. The Balaban J connectivity index is 2.17. The molecule has 7 unspecified atom stereocenters. The van der Waals surface area contributed by atoms with Crippen molar-refractivity contribution in [2.45, 2.75) is 243 Å². The maximum atomic E-state index is 12.8. The van der Waals surface area contributed by atoms with Crippen LogP contribution in [0, 0.1) is 0 Å². The first-order chi connectivity index (χ1) is 25.3. The Bertz CT molecular complexity index is 827. The molecule has 0 radical (unpaired) electrons. The van der Waals surface area contributed by atoms with E-state index in [1.807, 2.05) is 6.08 Å². The summed E-state index contributed by atoms with van der Waals surface area (Å²) in [5, 5.41) is 53.7. The number of unbranched alkanes of at least 4 members (excludes halogenated alkanes) is 26. The van der Waals surface area contributed by atoms with Gasteiger partial charge in [-0.1, -0.05) is 187 Å². The second-order valence-corrected chi connectivity index (χ2v) is 15.5. The summed E-state index contributed by atoms with van der Waals surface area (Å²) in [5.41, 5.74) is 0. The minimum absolute atomic E-state index is 0.179. The Morgan fingerprint density at radius 3 is 1.50 bits per heavy atom. The first-order valence-electron chi connectivity index (χ1n) is 21.9. The minimum atomic E-state index is -1.56. The average molecular weight is 742 g/mol. The normalized spacial score (nSPS) is 21.9. The van der Waals surface area contributed by atoms with Gasteiger partial charge in [-0.15, -0.1) is 0 Å². The maximum absolute atomic E-state index is 12.8. The van der Waals surface area contributed by atoms with Crippen LogP contribution in [0.3, 0.4) is 0 Å². The molecule has 1 amide bonds. The first kappa shape index (κ1) is 48.9. The van der Waals surface area contributed by atoms with Crippen molar-refractivity contribution >= 4 is 5.91 Å². The van der Waals surface area contributed by atoms with Crippen LogP contribution in [0.15, 0.2) is 12.2 Å². The number of hydrogen-bond donors (Lipinski definition) is 6. The highest BCUT2D eigenvalue weighted by Crippen LogP contribution is 2.22. The molecule has 6 N–H and O–H groups in total. The Morgan fingerprint density at radius 1 is 0.635 bits per heavy atom. The highest BCUT2D eigenvalue weighted by molar-refractivity contribution is 5.76. The van der Waals surface area contributed by atoms with Gasteiger partial charge in [0.2, 0.25) is 5.91 Å². The van der Waals surface area contributed by atoms with Gasteiger partial charge >= 0.3 is 0 Å². The molecule has 0 bridgehead atoms. The lowest BCUT2D eigenvalue weighted by molar-refractivity contribution is -0.302. The van der Waals surface area contributed by atoms with Crippen LogP contribution in [-0.2, 0) is 14.3 Å². The van der Waals surface area contributed by atoms with E-state index in [9.17, 15) is 30.3 Å². The molecule has 9 nitrogen and oxygen atoms in total. The number of amides is 1. The van der Waals surface area contributed by atoms with Gasteiger partial charge in [0.15, 0.2) is 6.29 Å². The molecule has 1 fully saturated rings. The van der Waals surface area contributed by atoms with E-state index in [4.69, 9.17) is 9.47 Å². The lowest BCUT2D eigenvalue weighted by Crippen LogP contribution is -2.60. The van der Waals surface area contributed by atoms with Gasteiger partial charge in [-0.3, -0.25) is 4.79 Å². The van der Waals surface area contributed by atoms with Crippen LogP contribution in [0.2, 0.25) is 0 Å². The van der Waals surface area contributed by atoms with Crippen LogP contribution < -0.4 is 5.32 Å². The molecule has 0 saturated carbocycles. The lowest BCUT2D eigenvalue weighted by Gasteiger charge is -2.40.